The minimum atomic E-state index is -3.91. The predicted octanol–water partition coefficient (Wildman–Crippen LogP) is 2.70. The lowest BCUT2D eigenvalue weighted by atomic mass is 10.1. The fourth-order valence-electron chi connectivity index (χ4n) is 2.55. The van der Waals surface area contributed by atoms with Crippen molar-refractivity contribution in [2.24, 2.45) is 5.14 Å². The van der Waals surface area contributed by atoms with Gasteiger partial charge in [0.2, 0.25) is 10.0 Å². The van der Waals surface area contributed by atoms with Gasteiger partial charge < -0.3 is 5.32 Å². The van der Waals surface area contributed by atoms with Gasteiger partial charge in [0.1, 0.15) is 0 Å². The molecule has 0 aliphatic carbocycles. The molecule has 10 heteroatoms. The Hall–Kier alpha value is -3.21. The fourth-order valence-corrected chi connectivity index (χ4v) is 4.13. The third kappa shape index (κ3) is 5.23. The van der Waals surface area contributed by atoms with E-state index in [-0.39, 0.29) is 21.4 Å². The molecular weight excluding hydrogens is 426 g/mol. The van der Waals surface area contributed by atoms with Gasteiger partial charge in [-0.3, -0.25) is 9.52 Å². The minimum Gasteiger partial charge on any atom is -0.322 e. The van der Waals surface area contributed by atoms with Gasteiger partial charge in [0.05, 0.1) is 9.79 Å². The van der Waals surface area contributed by atoms with E-state index in [0.29, 0.717) is 11.3 Å². The van der Waals surface area contributed by atoms with E-state index in [0.717, 1.165) is 5.56 Å². The number of anilines is 2. The number of carbonyl (C=O) groups is 1. The van der Waals surface area contributed by atoms with Crippen LogP contribution in [0.5, 0.6) is 0 Å². The summed E-state index contributed by atoms with van der Waals surface area (Å²) in [4.78, 5) is 12.1. The standard InChI is InChI=1S/C20H19N3O5S2/c1-14-2-4-15(5-3-14)20(24)22-16-6-12-19(13-7-16)30(27,28)23-17-8-10-18(11-9-17)29(21,25)26/h2-13,23H,1H3,(H,22,24)(H2,21,25,26). The first-order valence-electron chi connectivity index (χ1n) is 8.68. The minimum absolute atomic E-state index is 0.0219. The largest absolute Gasteiger partial charge is 0.322 e. The molecule has 0 spiro atoms. The first-order valence-corrected chi connectivity index (χ1v) is 11.7. The maximum absolute atomic E-state index is 12.5. The molecule has 3 aromatic carbocycles. The van der Waals surface area contributed by atoms with Crippen molar-refractivity contribution >= 4 is 37.3 Å². The highest BCUT2D eigenvalue weighted by Gasteiger charge is 2.15. The summed E-state index contributed by atoms with van der Waals surface area (Å²) in [6, 6.07) is 17.7. The summed E-state index contributed by atoms with van der Waals surface area (Å²) in [6.07, 6.45) is 0. The molecule has 0 unspecified atom stereocenters. The number of aryl methyl sites for hydroxylation is 1. The van der Waals surface area contributed by atoms with Crippen molar-refractivity contribution in [1.29, 1.82) is 0 Å². The van der Waals surface area contributed by atoms with Crippen LogP contribution in [0.15, 0.2) is 82.6 Å². The Labute approximate surface area is 174 Å². The molecule has 0 aromatic heterocycles. The van der Waals surface area contributed by atoms with Crippen LogP contribution in [0.25, 0.3) is 0 Å². The van der Waals surface area contributed by atoms with Gasteiger partial charge >= 0.3 is 0 Å². The zero-order valence-electron chi connectivity index (χ0n) is 15.9. The van der Waals surface area contributed by atoms with Crippen LogP contribution in [0.4, 0.5) is 11.4 Å². The van der Waals surface area contributed by atoms with Crippen LogP contribution in [0.1, 0.15) is 15.9 Å². The molecule has 3 aromatic rings. The van der Waals surface area contributed by atoms with Crippen molar-refractivity contribution in [3.63, 3.8) is 0 Å². The molecule has 0 bridgehead atoms. The number of benzene rings is 3. The van der Waals surface area contributed by atoms with Crippen molar-refractivity contribution < 1.29 is 21.6 Å². The average Bonchev–Trinajstić information content (AvgIpc) is 2.68. The second kappa shape index (κ2) is 8.27. The van der Waals surface area contributed by atoms with Gasteiger partial charge in [0.15, 0.2) is 0 Å². The summed E-state index contributed by atoms with van der Waals surface area (Å²) >= 11 is 0. The second-order valence-corrected chi connectivity index (χ2v) is 9.76. The third-order valence-electron chi connectivity index (χ3n) is 4.17. The van der Waals surface area contributed by atoms with E-state index in [2.05, 4.69) is 10.0 Å². The monoisotopic (exact) mass is 445 g/mol. The summed E-state index contributed by atoms with van der Waals surface area (Å²) in [5.74, 6) is -0.307. The van der Waals surface area contributed by atoms with Crippen LogP contribution in [0.3, 0.4) is 0 Å². The Morgan fingerprint density at radius 1 is 0.733 bits per heavy atom. The normalized spacial score (nSPS) is 11.7. The summed E-state index contributed by atoms with van der Waals surface area (Å²) < 4.78 is 50.0. The number of primary sulfonamides is 1. The van der Waals surface area contributed by atoms with Crippen molar-refractivity contribution in [2.45, 2.75) is 16.7 Å². The van der Waals surface area contributed by atoms with Gasteiger partial charge in [-0.05, 0) is 67.6 Å². The van der Waals surface area contributed by atoms with Crippen molar-refractivity contribution in [3.8, 4) is 0 Å². The second-order valence-electron chi connectivity index (χ2n) is 6.52. The van der Waals surface area contributed by atoms with Crippen LogP contribution in [0.2, 0.25) is 0 Å². The zero-order chi connectivity index (χ0) is 21.9. The molecule has 0 aliphatic rings. The molecule has 30 heavy (non-hydrogen) atoms. The molecule has 0 aliphatic heterocycles. The lowest BCUT2D eigenvalue weighted by Gasteiger charge is -2.10. The Kier molecular flexibility index (Phi) is 5.92. The highest BCUT2D eigenvalue weighted by atomic mass is 32.2. The molecule has 0 heterocycles. The van der Waals surface area contributed by atoms with Gasteiger partial charge in [-0.15, -0.1) is 0 Å². The molecule has 0 radical (unpaired) electrons. The topological polar surface area (TPSA) is 135 Å². The maximum Gasteiger partial charge on any atom is 0.261 e. The van der Waals surface area contributed by atoms with E-state index >= 15 is 0 Å². The van der Waals surface area contributed by atoms with Gasteiger partial charge in [0, 0.05) is 16.9 Å². The zero-order valence-corrected chi connectivity index (χ0v) is 17.5. The SMILES string of the molecule is Cc1ccc(C(=O)Nc2ccc(S(=O)(=O)Nc3ccc(S(N)(=O)=O)cc3)cc2)cc1. The predicted molar refractivity (Wildman–Crippen MR) is 114 cm³/mol. The molecule has 3 rings (SSSR count). The van der Waals surface area contributed by atoms with Gasteiger partial charge in [0.25, 0.3) is 15.9 Å². The molecule has 0 saturated heterocycles. The fraction of sp³-hybridized carbons (Fsp3) is 0.0500. The number of rotatable bonds is 6. The van der Waals surface area contributed by atoms with Crippen LogP contribution in [-0.2, 0) is 20.0 Å². The Morgan fingerprint density at radius 2 is 1.23 bits per heavy atom. The Bertz CT molecular complexity index is 1270. The molecule has 4 N–H and O–H groups in total. The van der Waals surface area contributed by atoms with E-state index < -0.39 is 20.0 Å². The number of carbonyl (C=O) groups excluding carboxylic acids is 1. The number of sulfonamides is 2. The smallest absolute Gasteiger partial charge is 0.261 e. The average molecular weight is 446 g/mol. The highest BCUT2D eigenvalue weighted by Crippen LogP contribution is 2.20. The van der Waals surface area contributed by atoms with Crippen LogP contribution in [-0.4, -0.2) is 22.7 Å². The maximum atomic E-state index is 12.5. The van der Waals surface area contributed by atoms with E-state index in [1.807, 2.05) is 19.1 Å². The first-order chi connectivity index (χ1) is 14.0. The number of hydrogen-bond donors (Lipinski definition) is 3. The van der Waals surface area contributed by atoms with Crippen molar-refractivity contribution in [1.82, 2.24) is 0 Å². The molecule has 1 amide bonds. The summed E-state index contributed by atoms with van der Waals surface area (Å²) in [5.41, 5.74) is 2.14. The molecule has 0 fully saturated rings. The van der Waals surface area contributed by atoms with E-state index in [1.54, 1.807) is 12.1 Å². The highest BCUT2D eigenvalue weighted by molar-refractivity contribution is 7.92. The van der Waals surface area contributed by atoms with Crippen molar-refractivity contribution in [2.75, 3.05) is 10.0 Å². The molecule has 8 nitrogen and oxygen atoms in total. The van der Waals surface area contributed by atoms with Crippen LogP contribution < -0.4 is 15.2 Å². The Morgan fingerprint density at radius 3 is 1.77 bits per heavy atom. The quantitative estimate of drug-likeness (QED) is 0.536. The summed E-state index contributed by atoms with van der Waals surface area (Å²) in [5, 5.41) is 7.72. The van der Waals surface area contributed by atoms with E-state index in [1.165, 1.54) is 48.5 Å². The first kappa shape index (κ1) is 21.5. The molecular formula is C20H19N3O5S2. The van der Waals surface area contributed by atoms with Crippen molar-refractivity contribution in [3.05, 3.63) is 83.9 Å². The van der Waals surface area contributed by atoms with Crippen LogP contribution in [0, 0.1) is 6.92 Å². The Balaban J connectivity index is 1.71. The van der Waals surface area contributed by atoms with Gasteiger partial charge in [-0.25, -0.2) is 22.0 Å². The lowest BCUT2D eigenvalue weighted by molar-refractivity contribution is 0.102. The summed E-state index contributed by atoms with van der Waals surface area (Å²) in [7, 11) is -7.77. The van der Waals surface area contributed by atoms with Gasteiger partial charge in [-0.1, -0.05) is 17.7 Å². The van der Waals surface area contributed by atoms with Crippen LogP contribution >= 0.6 is 0 Å². The molecule has 0 saturated carbocycles. The summed E-state index contributed by atoms with van der Waals surface area (Å²) in [6.45, 7) is 1.92. The van der Waals surface area contributed by atoms with E-state index in [4.69, 9.17) is 5.14 Å². The van der Waals surface area contributed by atoms with E-state index in [9.17, 15) is 21.6 Å². The van der Waals surface area contributed by atoms with Gasteiger partial charge in [-0.2, -0.15) is 0 Å². The number of nitrogens with two attached hydrogens (primary N) is 1. The number of hydrogen-bond acceptors (Lipinski definition) is 5. The lowest BCUT2D eigenvalue weighted by Crippen LogP contribution is -2.15. The number of nitrogens with one attached hydrogen (secondary N) is 2. The number of amides is 1. The molecule has 0 atom stereocenters. The third-order valence-corrected chi connectivity index (χ3v) is 6.50. The molecule has 156 valence electrons.